The molecule has 1 aromatic rings. The molecular weight excluding hydrogens is 318 g/mol. The molecule has 0 aliphatic carbocycles. The molecule has 0 saturated heterocycles. The number of hydrogen-bond donors (Lipinski definition) is 3. The minimum atomic E-state index is -0.667. The number of aromatic nitrogens is 1. The summed E-state index contributed by atoms with van der Waals surface area (Å²) >= 11 is 0. The highest BCUT2D eigenvalue weighted by Crippen LogP contribution is 2.19. The lowest BCUT2D eigenvalue weighted by molar-refractivity contribution is -0.144. The Bertz CT molecular complexity index is 607. The maximum absolute atomic E-state index is 12.1. The molecule has 0 unspecified atom stereocenters. The summed E-state index contributed by atoms with van der Waals surface area (Å²) in [5.41, 5.74) is 1.06. The van der Waals surface area contributed by atoms with Crippen molar-refractivity contribution in [3.05, 3.63) is 23.6 Å². The van der Waals surface area contributed by atoms with Crippen molar-refractivity contribution in [3.8, 4) is 0 Å². The first kappa shape index (κ1) is 18.0. The highest BCUT2D eigenvalue weighted by Gasteiger charge is 2.29. The topological polar surface area (TPSA) is 123 Å². The van der Waals surface area contributed by atoms with Crippen molar-refractivity contribution in [3.63, 3.8) is 0 Å². The van der Waals surface area contributed by atoms with Gasteiger partial charge in [-0.05, 0) is 13.8 Å². The predicted molar refractivity (Wildman–Crippen MR) is 83.4 cm³/mol. The average Bonchev–Trinajstić information content (AvgIpc) is 2.87. The summed E-state index contributed by atoms with van der Waals surface area (Å²) < 4.78 is 15.2. The molecular formula is C15H21N3O6. The third-order valence-corrected chi connectivity index (χ3v) is 3.63. The molecule has 0 fully saturated rings. The molecule has 132 valence electrons. The average molecular weight is 339 g/mol. The quantitative estimate of drug-likeness (QED) is 0.532. The number of methoxy groups -OCH3 is 1. The molecule has 3 N–H and O–H groups in total. The Balaban J connectivity index is 1.97. The van der Waals surface area contributed by atoms with Crippen LogP contribution in [0.2, 0.25) is 0 Å². The third-order valence-electron chi connectivity index (χ3n) is 3.63. The van der Waals surface area contributed by atoms with Gasteiger partial charge in [-0.2, -0.15) is 0 Å². The lowest BCUT2D eigenvalue weighted by atomic mass is 10.1. The van der Waals surface area contributed by atoms with E-state index in [-0.39, 0.29) is 13.0 Å². The van der Waals surface area contributed by atoms with Crippen LogP contribution in [-0.2, 0) is 14.3 Å². The monoisotopic (exact) mass is 339 g/mol. The molecule has 3 atom stereocenters. The molecule has 1 aromatic heterocycles. The first-order valence-corrected chi connectivity index (χ1v) is 7.46. The zero-order valence-corrected chi connectivity index (χ0v) is 13.7. The van der Waals surface area contributed by atoms with E-state index in [2.05, 4.69) is 20.5 Å². The summed E-state index contributed by atoms with van der Waals surface area (Å²) in [5, 5.41) is 18.6. The smallest absolute Gasteiger partial charge is 0.319 e. The highest BCUT2D eigenvalue weighted by molar-refractivity contribution is 5.90. The number of esters is 1. The summed E-state index contributed by atoms with van der Waals surface area (Å²) in [7, 11) is 1.29. The maximum atomic E-state index is 12.1. The number of aryl methyl sites for hydroxylation is 2. The fourth-order valence-corrected chi connectivity index (χ4v) is 2.35. The van der Waals surface area contributed by atoms with Crippen molar-refractivity contribution in [2.24, 2.45) is 0 Å². The summed E-state index contributed by atoms with van der Waals surface area (Å²) in [6.45, 7) is 3.09. The van der Waals surface area contributed by atoms with E-state index in [1.54, 1.807) is 26.0 Å². The fraction of sp³-hybridized carbons (Fsp3) is 0.533. The number of aliphatic hydroxyl groups excluding tert-OH is 1. The molecule has 0 bridgehead atoms. The lowest BCUT2D eigenvalue weighted by Gasteiger charge is -2.31. The summed E-state index contributed by atoms with van der Waals surface area (Å²) in [6.07, 6.45) is 2.22. The Morgan fingerprint density at radius 3 is 2.71 bits per heavy atom. The van der Waals surface area contributed by atoms with E-state index in [0.717, 1.165) is 0 Å². The van der Waals surface area contributed by atoms with Crippen LogP contribution in [0.25, 0.3) is 0 Å². The van der Waals surface area contributed by atoms with Crippen molar-refractivity contribution in [2.45, 2.75) is 38.5 Å². The Morgan fingerprint density at radius 1 is 1.38 bits per heavy atom. The van der Waals surface area contributed by atoms with E-state index in [4.69, 9.17) is 9.26 Å². The number of urea groups is 1. The minimum Gasteiger partial charge on any atom is -0.469 e. The van der Waals surface area contributed by atoms with Gasteiger partial charge in [0.15, 0.2) is 5.76 Å². The molecule has 0 spiro atoms. The van der Waals surface area contributed by atoms with Gasteiger partial charge in [0.2, 0.25) is 0 Å². The van der Waals surface area contributed by atoms with Crippen LogP contribution in [0.1, 0.15) is 17.9 Å². The molecule has 2 rings (SSSR count). The Morgan fingerprint density at radius 2 is 2.12 bits per heavy atom. The number of anilines is 1. The fourth-order valence-electron chi connectivity index (χ4n) is 2.35. The van der Waals surface area contributed by atoms with Crippen molar-refractivity contribution in [1.82, 2.24) is 10.5 Å². The van der Waals surface area contributed by atoms with Crippen LogP contribution in [-0.4, -0.2) is 54.2 Å². The van der Waals surface area contributed by atoms with E-state index in [0.29, 0.717) is 17.1 Å². The lowest BCUT2D eigenvalue weighted by Crippen LogP contribution is -2.50. The van der Waals surface area contributed by atoms with E-state index in [1.807, 2.05) is 0 Å². The molecule has 1 aliphatic heterocycles. The summed E-state index contributed by atoms with van der Waals surface area (Å²) in [5.74, 6) is 0.0823. The Labute approximate surface area is 139 Å². The Hall–Kier alpha value is -2.39. The first-order chi connectivity index (χ1) is 11.4. The number of ether oxygens (including phenoxy) is 2. The van der Waals surface area contributed by atoms with Gasteiger partial charge >= 0.3 is 12.0 Å². The number of carbonyl (C=O) groups is 2. The molecule has 0 saturated carbocycles. The minimum absolute atomic E-state index is 0.0431. The molecule has 9 heteroatoms. The zero-order valence-electron chi connectivity index (χ0n) is 13.7. The standard InChI is InChI=1S/C15H21N3O6/c1-8-14(9(2)24-18-8)17-15(21)16-11-5-4-10(6-13(20)22-3)23-12(11)7-19/h4-5,10-12,19H,6-7H2,1-3H3,(H2,16,17,21)/t10-,11-,12-/m1/s1. The van der Waals surface area contributed by atoms with Crippen LogP contribution in [0.5, 0.6) is 0 Å². The van der Waals surface area contributed by atoms with Crippen LogP contribution < -0.4 is 10.6 Å². The van der Waals surface area contributed by atoms with E-state index < -0.39 is 30.3 Å². The van der Waals surface area contributed by atoms with Crippen molar-refractivity contribution in [1.29, 1.82) is 0 Å². The van der Waals surface area contributed by atoms with Crippen LogP contribution in [0.3, 0.4) is 0 Å². The van der Waals surface area contributed by atoms with E-state index in [9.17, 15) is 14.7 Å². The van der Waals surface area contributed by atoms with Gasteiger partial charge in [-0.1, -0.05) is 17.3 Å². The number of aliphatic hydroxyl groups is 1. The molecule has 24 heavy (non-hydrogen) atoms. The van der Waals surface area contributed by atoms with Crippen molar-refractivity contribution >= 4 is 17.7 Å². The molecule has 0 aromatic carbocycles. The molecule has 2 amide bonds. The normalized spacial score (nSPS) is 22.9. The van der Waals surface area contributed by atoms with Crippen LogP contribution in [0.15, 0.2) is 16.7 Å². The second kappa shape index (κ2) is 7.93. The molecule has 2 heterocycles. The Kier molecular flexibility index (Phi) is 5.93. The van der Waals surface area contributed by atoms with Gasteiger partial charge in [0, 0.05) is 0 Å². The van der Waals surface area contributed by atoms with Gasteiger partial charge in [0.05, 0.1) is 32.3 Å². The van der Waals surface area contributed by atoms with Crippen LogP contribution in [0.4, 0.5) is 10.5 Å². The van der Waals surface area contributed by atoms with Crippen LogP contribution >= 0.6 is 0 Å². The van der Waals surface area contributed by atoms with Crippen LogP contribution in [0, 0.1) is 13.8 Å². The SMILES string of the molecule is COC(=O)C[C@H]1C=C[C@@H](NC(=O)Nc2c(C)noc2C)[C@@H](CO)O1. The van der Waals surface area contributed by atoms with Gasteiger partial charge in [0.1, 0.15) is 17.5 Å². The summed E-state index contributed by atoms with van der Waals surface area (Å²) in [4.78, 5) is 23.4. The van der Waals surface area contributed by atoms with Gasteiger partial charge < -0.3 is 29.7 Å². The number of carbonyl (C=O) groups excluding carboxylic acids is 2. The molecule has 1 aliphatic rings. The first-order valence-electron chi connectivity index (χ1n) is 7.46. The maximum Gasteiger partial charge on any atom is 0.319 e. The molecule has 0 radical (unpaired) electrons. The number of hydrogen-bond acceptors (Lipinski definition) is 7. The van der Waals surface area contributed by atoms with Gasteiger partial charge in [-0.25, -0.2) is 4.79 Å². The van der Waals surface area contributed by atoms with Crippen molar-refractivity contribution < 1.29 is 28.7 Å². The van der Waals surface area contributed by atoms with Crippen molar-refractivity contribution in [2.75, 3.05) is 19.0 Å². The molecule has 9 nitrogen and oxygen atoms in total. The number of amides is 2. The third kappa shape index (κ3) is 4.33. The number of rotatable bonds is 5. The number of nitrogens with one attached hydrogen (secondary N) is 2. The predicted octanol–water partition coefficient (Wildman–Crippen LogP) is 0.661. The second-order valence-corrected chi connectivity index (χ2v) is 5.38. The second-order valence-electron chi connectivity index (χ2n) is 5.38. The van der Waals surface area contributed by atoms with Gasteiger partial charge in [-0.15, -0.1) is 0 Å². The van der Waals surface area contributed by atoms with Gasteiger partial charge in [0.25, 0.3) is 0 Å². The summed E-state index contributed by atoms with van der Waals surface area (Å²) in [6, 6.07) is -1.02. The van der Waals surface area contributed by atoms with Gasteiger partial charge in [-0.3, -0.25) is 4.79 Å². The van der Waals surface area contributed by atoms with E-state index in [1.165, 1.54) is 7.11 Å². The highest BCUT2D eigenvalue weighted by atomic mass is 16.5. The largest absolute Gasteiger partial charge is 0.469 e. The zero-order chi connectivity index (χ0) is 17.7. The number of nitrogens with zero attached hydrogens (tertiary/aromatic N) is 1. The van der Waals surface area contributed by atoms with E-state index >= 15 is 0 Å².